The van der Waals surface area contributed by atoms with Crippen molar-refractivity contribution >= 4 is 5.82 Å². The Kier molecular flexibility index (Phi) is 2.73. The van der Waals surface area contributed by atoms with Crippen LogP contribution in [0.1, 0.15) is 30.6 Å². The summed E-state index contributed by atoms with van der Waals surface area (Å²) in [5.41, 5.74) is 7.94. The lowest BCUT2D eigenvalue weighted by Gasteiger charge is -2.25. The van der Waals surface area contributed by atoms with Gasteiger partial charge in [-0.15, -0.1) is 0 Å². The fourth-order valence-electron chi connectivity index (χ4n) is 1.94. The van der Waals surface area contributed by atoms with E-state index in [0.717, 1.165) is 30.6 Å². The normalized spacial score (nSPS) is 19.7. The summed E-state index contributed by atoms with van der Waals surface area (Å²) in [7, 11) is 1.55. The minimum atomic E-state index is 0.271. The molecule has 0 saturated carbocycles. The van der Waals surface area contributed by atoms with Crippen molar-refractivity contribution in [1.82, 2.24) is 15.3 Å². The Bertz CT molecular complexity index is 367. The minimum Gasteiger partial charge on any atom is -0.467 e. The number of anilines is 1. The van der Waals surface area contributed by atoms with Gasteiger partial charge >= 0.3 is 6.01 Å². The zero-order chi connectivity index (χ0) is 10.8. The number of aromatic nitrogens is 2. The number of rotatable bonds is 2. The van der Waals surface area contributed by atoms with E-state index in [1.165, 1.54) is 0 Å². The minimum absolute atomic E-state index is 0.271. The highest BCUT2D eigenvalue weighted by atomic mass is 16.5. The fourth-order valence-corrected chi connectivity index (χ4v) is 1.94. The van der Waals surface area contributed by atoms with Crippen molar-refractivity contribution in [1.29, 1.82) is 0 Å². The van der Waals surface area contributed by atoms with Crippen LogP contribution < -0.4 is 15.8 Å². The van der Waals surface area contributed by atoms with Crippen LogP contribution in [-0.4, -0.2) is 23.6 Å². The molecule has 5 heteroatoms. The topological polar surface area (TPSA) is 73.1 Å². The molecule has 0 aromatic carbocycles. The summed E-state index contributed by atoms with van der Waals surface area (Å²) in [5, 5.41) is 3.40. The SMILES string of the molecule is CCC1NCCc2c(N)nc(OC)nc21. The van der Waals surface area contributed by atoms with Gasteiger partial charge in [0.1, 0.15) is 5.82 Å². The number of nitrogen functional groups attached to an aromatic ring is 1. The summed E-state index contributed by atoms with van der Waals surface area (Å²) in [6, 6.07) is 0.626. The summed E-state index contributed by atoms with van der Waals surface area (Å²) in [6.45, 7) is 3.06. The van der Waals surface area contributed by atoms with Crippen molar-refractivity contribution in [2.24, 2.45) is 0 Å². The fraction of sp³-hybridized carbons (Fsp3) is 0.600. The monoisotopic (exact) mass is 208 g/mol. The summed E-state index contributed by atoms with van der Waals surface area (Å²) >= 11 is 0. The molecule has 2 rings (SSSR count). The number of hydrogen-bond donors (Lipinski definition) is 2. The average molecular weight is 208 g/mol. The van der Waals surface area contributed by atoms with Gasteiger partial charge in [0.25, 0.3) is 0 Å². The molecule has 3 N–H and O–H groups in total. The van der Waals surface area contributed by atoms with Crippen LogP contribution in [0.2, 0.25) is 0 Å². The van der Waals surface area contributed by atoms with E-state index >= 15 is 0 Å². The molecule has 82 valence electrons. The average Bonchev–Trinajstić information content (AvgIpc) is 2.28. The summed E-state index contributed by atoms with van der Waals surface area (Å²) < 4.78 is 5.02. The van der Waals surface area contributed by atoms with E-state index < -0.39 is 0 Å². The van der Waals surface area contributed by atoms with Crippen molar-refractivity contribution in [2.75, 3.05) is 19.4 Å². The Labute approximate surface area is 89.1 Å². The molecule has 1 aliphatic rings. The Morgan fingerprint density at radius 1 is 1.53 bits per heavy atom. The van der Waals surface area contributed by atoms with Crippen LogP contribution in [0.25, 0.3) is 0 Å². The van der Waals surface area contributed by atoms with Gasteiger partial charge in [-0.05, 0) is 12.8 Å². The summed E-state index contributed by atoms with van der Waals surface area (Å²) in [5.74, 6) is 0.553. The molecule has 0 amide bonds. The lowest BCUT2D eigenvalue weighted by atomic mass is 9.99. The lowest BCUT2D eigenvalue weighted by molar-refractivity contribution is 0.371. The van der Waals surface area contributed by atoms with Crippen LogP contribution in [0, 0.1) is 0 Å². The molecule has 1 aromatic heterocycles. The molecule has 1 aliphatic heterocycles. The maximum Gasteiger partial charge on any atom is 0.318 e. The van der Waals surface area contributed by atoms with Gasteiger partial charge in [-0.1, -0.05) is 6.92 Å². The molecular formula is C10H16N4O. The molecule has 0 spiro atoms. The zero-order valence-corrected chi connectivity index (χ0v) is 9.08. The molecule has 0 aliphatic carbocycles. The molecule has 0 bridgehead atoms. The van der Waals surface area contributed by atoms with Gasteiger partial charge in [0.2, 0.25) is 0 Å². The highest BCUT2D eigenvalue weighted by Crippen LogP contribution is 2.27. The number of ether oxygens (including phenoxy) is 1. The third-order valence-corrected chi connectivity index (χ3v) is 2.74. The van der Waals surface area contributed by atoms with Gasteiger partial charge in [0.15, 0.2) is 0 Å². The zero-order valence-electron chi connectivity index (χ0n) is 9.08. The largest absolute Gasteiger partial charge is 0.467 e. The van der Waals surface area contributed by atoms with Crippen LogP contribution in [0.4, 0.5) is 5.82 Å². The van der Waals surface area contributed by atoms with Gasteiger partial charge in [-0.25, -0.2) is 0 Å². The number of nitrogens with zero attached hydrogens (tertiary/aromatic N) is 2. The van der Waals surface area contributed by atoms with Crippen molar-refractivity contribution in [3.05, 3.63) is 11.3 Å². The number of fused-ring (bicyclic) bond motifs is 1. The molecule has 1 aromatic rings. The van der Waals surface area contributed by atoms with E-state index in [2.05, 4.69) is 22.2 Å². The van der Waals surface area contributed by atoms with E-state index in [1.54, 1.807) is 7.11 Å². The Hall–Kier alpha value is -1.36. The first-order chi connectivity index (χ1) is 7.26. The van der Waals surface area contributed by atoms with E-state index in [9.17, 15) is 0 Å². The molecule has 5 nitrogen and oxygen atoms in total. The molecule has 1 unspecified atom stereocenters. The predicted octanol–water partition coefficient (Wildman–Crippen LogP) is 0.664. The second-order valence-corrected chi connectivity index (χ2v) is 3.62. The second-order valence-electron chi connectivity index (χ2n) is 3.62. The lowest BCUT2D eigenvalue weighted by Crippen LogP contribution is -2.31. The molecule has 0 saturated heterocycles. The number of hydrogen-bond acceptors (Lipinski definition) is 5. The van der Waals surface area contributed by atoms with Crippen LogP contribution in [0.15, 0.2) is 0 Å². The summed E-state index contributed by atoms with van der Waals surface area (Å²) in [6.07, 6.45) is 1.88. The Balaban J connectivity index is 2.48. The van der Waals surface area contributed by atoms with Gasteiger partial charge < -0.3 is 15.8 Å². The Morgan fingerprint density at radius 3 is 3.00 bits per heavy atom. The molecule has 15 heavy (non-hydrogen) atoms. The Morgan fingerprint density at radius 2 is 2.33 bits per heavy atom. The maximum atomic E-state index is 5.88. The maximum absolute atomic E-state index is 5.88. The summed E-state index contributed by atoms with van der Waals surface area (Å²) in [4.78, 5) is 8.46. The van der Waals surface area contributed by atoms with Crippen LogP contribution in [0.5, 0.6) is 6.01 Å². The van der Waals surface area contributed by atoms with Crippen molar-refractivity contribution in [3.8, 4) is 6.01 Å². The highest BCUT2D eigenvalue weighted by molar-refractivity contribution is 5.45. The number of nitrogens with two attached hydrogens (primary N) is 1. The molecule has 2 heterocycles. The molecule has 0 radical (unpaired) electrons. The van der Waals surface area contributed by atoms with Crippen molar-refractivity contribution in [2.45, 2.75) is 25.8 Å². The highest BCUT2D eigenvalue weighted by Gasteiger charge is 2.23. The van der Waals surface area contributed by atoms with E-state index in [-0.39, 0.29) is 6.04 Å². The van der Waals surface area contributed by atoms with E-state index in [4.69, 9.17) is 10.5 Å². The van der Waals surface area contributed by atoms with Crippen molar-refractivity contribution < 1.29 is 4.74 Å². The quantitative estimate of drug-likeness (QED) is 0.747. The van der Waals surface area contributed by atoms with Crippen LogP contribution >= 0.6 is 0 Å². The molecular weight excluding hydrogens is 192 g/mol. The smallest absolute Gasteiger partial charge is 0.318 e. The third-order valence-electron chi connectivity index (χ3n) is 2.74. The third kappa shape index (κ3) is 1.74. The molecule has 0 fully saturated rings. The van der Waals surface area contributed by atoms with E-state index in [1.807, 2.05) is 0 Å². The first kappa shape index (κ1) is 10.2. The van der Waals surface area contributed by atoms with Crippen LogP contribution in [-0.2, 0) is 6.42 Å². The van der Waals surface area contributed by atoms with Gasteiger partial charge in [0.05, 0.1) is 12.8 Å². The predicted molar refractivity (Wildman–Crippen MR) is 57.7 cm³/mol. The van der Waals surface area contributed by atoms with E-state index in [0.29, 0.717) is 11.8 Å². The van der Waals surface area contributed by atoms with Crippen LogP contribution in [0.3, 0.4) is 0 Å². The number of nitrogens with one attached hydrogen (secondary N) is 1. The second kappa shape index (κ2) is 4.02. The first-order valence-electron chi connectivity index (χ1n) is 5.20. The number of methoxy groups -OCH3 is 1. The standard InChI is InChI=1S/C10H16N4O/c1-3-7-8-6(4-5-12-7)9(11)14-10(13-8)15-2/h7,12H,3-5H2,1-2H3,(H2,11,13,14). The van der Waals surface area contributed by atoms with Gasteiger partial charge in [0, 0.05) is 18.2 Å². The first-order valence-corrected chi connectivity index (χ1v) is 5.20. The van der Waals surface area contributed by atoms with Gasteiger partial charge in [-0.3, -0.25) is 0 Å². The van der Waals surface area contributed by atoms with Crippen molar-refractivity contribution in [3.63, 3.8) is 0 Å². The van der Waals surface area contributed by atoms with Gasteiger partial charge in [-0.2, -0.15) is 9.97 Å². The molecule has 1 atom stereocenters.